The standard InChI is InChI=1S/C28H26FN3O5/c1-17-12-20-23(14-22(17)29)32(15-21(28(20)35)27(34)19-7-9-30-10-8-19)16-26(33)31-11-6-18-4-5-24(36-2)25(13-18)37-3/h4-5,7-10,12-15H,6,11,16H2,1-3H3,(H,31,33). The van der Waals surface area contributed by atoms with E-state index in [-0.39, 0.29) is 40.0 Å². The molecular formula is C28H26FN3O5. The van der Waals surface area contributed by atoms with E-state index in [1.54, 1.807) is 20.3 Å². The van der Waals surface area contributed by atoms with Crippen molar-refractivity contribution in [1.29, 1.82) is 0 Å². The average molecular weight is 504 g/mol. The van der Waals surface area contributed by atoms with Gasteiger partial charge in [0.1, 0.15) is 12.4 Å². The summed E-state index contributed by atoms with van der Waals surface area (Å²) in [5, 5.41) is 3.00. The van der Waals surface area contributed by atoms with E-state index in [9.17, 15) is 18.8 Å². The van der Waals surface area contributed by atoms with Crippen LogP contribution in [0.5, 0.6) is 11.5 Å². The number of methoxy groups -OCH3 is 2. The van der Waals surface area contributed by atoms with Gasteiger partial charge in [0.05, 0.1) is 25.3 Å². The van der Waals surface area contributed by atoms with Gasteiger partial charge in [-0.3, -0.25) is 19.4 Å². The first-order chi connectivity index (χ1) is 17.8. The van der Waals surface area contributed by atoms with Crippen LogP contribution >= 0.6 is 0 Å². The van der Waals surface area contributed by atoms with E-state index in [2.05, 4.69) is 10.3 Å². The fourth-order valence-corrected chi connectivity index (χ4v) is 4.06. The Hall–Kier alpha value is -4.53. The number of carbonyl (C=O) groups is 2. The Labute approximate surface area is 212 Å². The van der Waals surface area contributed by atoms with Crippen LogP contribution in [0.2, 0.25) is 0 Å². The monoisotopic (exact) mass is 503 g/mol. The topological polar surface area (TPSA) is 99.5 Å². The Morgan fingerprint density at radius 2 is 1.76 bits per heavy atom. The minimum Gasteiger partial charge on any atom is -0.493 e. The van der Waals surface area contributed by atoms with Gasteiger partial charge in [-0.25, -0.2) is 4.39 Å². The Kier molecular flexibility index (Phi) is 7.62. The third-order valence-corrected chi connectivity index (χ3v) is 6.05. The summed E-state index contributed by atoms with van der Waals surface area (Å²) in [7, 11) is 3.11. The van der Waals surface area contributed by atoms with Crippen molar-refractivity contribution in [1.82, 2.24) is 14.9 Å². The van der Waals surface area contributed by atoms with Gasteiger partial charge in [0.15, 0.2) is 17.3 Å². The van der Waals surface area contributed by atoms with E-state index in [0.29, 0.717) is 24.5 Å². The number of carbonyl (C=O) groups excluding carboxylic acids is 2. The number of halogens is 1. The highest BCUT2D eigenvalue weighted by Gasteiger charge is 2.19. The summed E-state index contributed by atoms with van der Waals surface area (Å²) in [6, 6.07) is 11.1. The number of aryl methyl sites for hydroxylation is 1. The van der Waals surface area contributed by atoms with Gasteiger partial charge in [-0.1, -0.05) is 6.07 Å². The van der Waals surface area contributed by atoms with Crippen molar-refractivity contribution >= 4 is 22.6 Å². The number of nitrogens with one attached hydrogen (secondary N) is 1. The summed E-state index contributed by atoms with van der Waals surface area (Å²) in [6.07, 6.45) is 4.77. The molecule has 0 aliphatic heterocycles. The Balaban J connectivity index is 1.59. The van der Waals surface area contributed by atoms with Gasteiger partial charge in [-0.2, -0.15) is 0 Å². The molecule has 0 bridgehead atoms. The van der Waals surface area contributed by atoms with Gasteiger partial charge in [-0.15, -0.1) is 0 Å². The molecule has 0 unspecified atom stereocenters. The van der Waals surface area contributed by atoms with Crippen LogP contribution in [0, 0.1) is 12.7 Å². The predicted molar refractivity (Wildman–Crippen MR) is 137 cm³/mol. The summed E-state index contributed by atoms with van der Waals surface area (Å²) in [4.78, 5) is 43.0. The molecule has 1 amide bonds. The summed E-state index contributed by atoms with van der Waals surface area (Å²) in [6.45, 7) is 1.67. The quantitative estimate of drug-likeness (QED) is 0.351. The lowest BCUT2D eigenvalue weighted by molar-refractivity contribution is -0.121. The lowest BCUT2D eigenvalue weighted by atomic mass is 10.0. The van der Waals surface area contributed by atoms with Crippen LogP contribution in [0.3, 0.4) is 0 Å². The van der Waals surface area contributed by atoms with Crippen LogP contribution in [-0.4, -0.2) is 42.0 Å². The number of hydrogen-bond donors (Lipinski definition) is 1. The second kappa shape index (κ2) is 11.0. The third-order valence-electron chi connectivity index (χ3n) is 6.05. The molecule has 8 nitrogen and oxygen atoms in total. The number of aromatic nitrogens is 2. The summed E-state index contributed by atoms with van der Waals surface area (Å²) in [5.41, 5.74) is 1.09. The van der Waals surface area contributed by atoms with E-state index in [1.165, 1.54) is 54.3 Å². The van der Waals surface area contributed by atoms with Crippen molar-refractivity contribution in [2.24, 2.45) is 0 Å². The van der Waals surface area contributed by atoms with Gasteiger partial charge in [0.25, 0.3) is 0 Å². The number of benzene rings is 2. The molecule has 2 aromatic carbocycles. The maximum absolute atomic E-state index is 14.4. The second-order valence-electron chi connectivity index (χ2n) is 8.47. The highest BCUT2D eigenvalue weighted by atomic mass is 19.1. The lowest BCUT2D eigenvalue weighted by Crippen LogP contribution is -2.30. The van der Waals surface area contributed by atoms with Crippen LogP contribution < -0.4 is 20.2 Å². The molecular weight excluding hydrogens is 477 g/mol. The highest BCUT2D eigenvalue weighted by Crippen LogP contribution is 2.27. The molecule has 0 atom stereocenters. The van der Waals surface area contributed by atoms with E-state index in [0.717, 1.165) is 5.56 Å². The number of ketones is 1. The smallest absolute Gasteiger partial charge is 0.239 e. The van der Waals surface area contributed by atoms with Crippen molar-refractivity contribution in [3.05, 3.63) is 99.3 Å². The zero-order chi connectivity index (χ0) is 26.5. The molecule has 37 heavy (non-hydrogen) atoms. The van der Waals surface area contributed by atoms with E-state index < -0.39 is 17.0 Å². The first-order valence-electron chi connectivity index (χ1n) is 11.6. The van der Waals surface area contributed by atoms with Gasteiger partial charge in [0, 0.05) is 36.1 Å². The molecule has 9 heteroatoms. The molecule has 0 fully saturated rings. The van der Waals surface area contributed by atoms with Crippen molar-refractivity contribution in [2.75, 3.05) is 20.8 Å². The number of ether oxygens (including phenoxy) is 2. The van der Waals surface area contributed by atoms with Crippen molar-refractivity contribution in [2.45, 2.75) is 19.9 Å². The molecule has 4 rings (SSSR count). The zero-order valence-electron chi connectivity index (χ0n) is 20.7. The van der Waals surface area contributed by atoms with E-state index in [1.807, 2.05) is 12.1 Å². The first kappa shape index (κ1) is 25.6. The second-order valence-corrected chi connectivity index (χ2v) is 8.47. The maximum atomic E-state index is 14.4. The fraction of sp³-hybridized carbons (Fsp3) is 0.214. The van der Waals surface area contributed by atoms with Crippen LogP contribution in [0.1, 0.15) is 27.0 Å². The minimum absolute atomic E-state index is 0.108. The molecule has 0 saturated carbocycles. The Bertz CT molecular complexity index is 1530. The number of nitrogens with zero attached hydrogens (tertiary/aromatic N) is 2. The molecule has 2 heterocycles. The van der Waals surface area contributed by atoms with Crippen molar-refractivity contribution < 1.29 is 23.5 Å². The number of pyridine rings is 2. The fourth-order valence-electron chi connectivity index (χ4n) is 4.06. The summed E-state index contributed by atoms with van der Waals surface area (Å²) in [5.74, 6) is -0.162. The van der Waals surface area contributed by atoms with Gasteiger partial charge in [-0.05, 0) is 60.9 Å². The molecule has 1 N–H and O–H groups in total. The number of fused-ring (bicyclic) bond motifs is 1. The van der Waals surface area contributed by atoms with Crippen LogP contribution in [-0.2, 0) is 17.8 Å². The van der Waals surface area contributed by atoms with Crippen LogP contribution in [0.4, 0.5) is 4.39 Å². The normalized spacial score (nSPS) is 10.8. The molecule has 0 radical (unpaired) electrons. The van der Waals surface area contributed by atoms with Crippen LogP contribution in [0.25, 0.3) is 10.9 Å². The number of rotatable bonds is 9. The molecule has 190 valence electrons. The van der Waals surface area contributed by atoms with Crippen molar-refractivity contribution in [3.63, 3.8) is 0 Å². The lowest BCUT2D eigenvalue weighted by Gasteiger charge is -2.14. The van der Waals surface area contributed by atoms with Gasteiger partial charge >= 0.3 is 0 Å². The molecule has 0 spiro atoms. The van der Waals surface area contributed by atoms with Crippen LogP contribution in [0.15, 0.2) is 65.8 Å². The minimum atomic E-state index is -0.523. The predicted octanol–water partition coefficient (Wildman–Crippen LogP) is 3.45. The summed E-state index contributed by atoms with van der Waals surface area (Å²) >= 11 is 0. The summed E-state index contributed by atoms with van der Waals surface area (Å²) < 4.78 is 26.4. The molecule has 0 saturated heterocycles. The number of hydrogen-bond acceptors (Lipinski definition) is 6. The van der Waals surface area contributed by atoms with Crippen molar-refractivity contribution in [3.8, 4) is 11.5 Å². The van der Waals surface area contributed by atoms with Gasteiger partial charge < -0.3 is 19.4 Å². The first-order valence-corrected chi connectivity index (χ1v) is 11.6. The maximum Gasteiger partial charge on any atom is 0.239 e. The Morgan fingerprint density at radius 3 is 2.46 bits per heavy atom. The Morgan fingerprint density at radius 1 is 1.03 bits per heavy atom. The SMILES string of the molecule is COc1ccc(CCNC(=O)Cn2cc(C(=O)c3ccncc3)c(=O)c3cc(C)c(F)cc32)cc1OC. The number of amides is 1. The van der Waals surface area contributed by atoms with E-state index in [4.69, 9.17) is 9.47 Å². The third kappa shape index (κ3) is 5.50. The van der Waals surface area contributed by atoms with Gasteiger partial charge in [0.2, 0.25) is 11.3 Å². The molecule has 0 aliphatic rings. The average Bonchev–Trinajstić information content (AvgIpc) is 2.91. The largest absolute Gasteiger partial charge is 0.493 e. The van der Waals surface area contributed by atoms with E-state index >= 15 is 0 Å². The molecule has 0 aliphatic carbocycles. The zero-order valence-corrected chi connectivity index (χ0v) is 20.7. The highest BCUT2D eigenvalue weighted by molar-refractivity contribution is 6.10. The molecule has 2 aromatic heterocycles. The molecule has 4 aromatic rings.